The Hall–Kier alpha value is -6.10. The van der Waals surface area contributed by atoms with E-state index in [2.05, 4.69) is 58.5 Å². The van der Waals surface area contributed by atoms with Gasteiger partial charge in [0.1, 0.15) is 35.4 Å². The summed E-state index contributed by atoms with van der Waals surface area (Å²) < 4.78 is 18.3. The average molecular weight is 987 g/mol. The van der Waals surface area contributed by atoms with Crippen LogP contribution in [0.2, 0.25) is 0 Å². The predicted octanol–water partition coefficient (Wildman–Crippen LogP) is 5.96. The van der Waals surface area contributed by atoms with Crippen molar-refractivity contribution in [2.45, 2.75) is 135 Å². The largest absolute Gasteiger partial charge is 0.507 e. The molecule has 16 heteroatoms. The Kier molecular flexibility index (Phi) is 14.7. The third kappa shape index (κ3) is 10.4. The Morgan fingerprint density at radius 3 is 2.35 bits per heavy atom. The molecular weight excluding hydrogens is 917 g/mol. The van der Waals surface area contributed by atoms with E-state index >= 15 is 0 Å². The summed E-state index contributed by atoms with van der Waals surface area (Å²) in [5.74, 6) is -4.51. The Morgan fingerprint density at radius 2 is 1.65 bits per heavy atom. The summed E-state index contributed by atoms with van der Waals surface area (Å²) in [7, 11) is 0. The average Bonchev–Trinajstić information content (AvgIpc) is 4.03. The number of aliphatic hydroxyl groups is 1. The smallest absolute Gasteiger partial charge is 0.315 e. The minimum Gasteiger partial charge on any atom is -0.507 e. The number of Topliss-reactive ketones (excluding diaryl/α,β-unsaturated/α-hetero) is 2. The van der Waals surface area contributed by atoms with Gasteiger partial charge in [-0.15, -0.1) is 0 Å². The molecule has 2 aromatic carbocycles. The van der Waals surface area contributed by atoms with Gasteiger partial charge in [0.25, 0.3) is 11.7 Å². The van der Waals surface area contributed by atoms with E-state index in [0.29, 0.717) is 62.7 Å². The fourth-order valence-corrected chi connectivity index (χ4v) is 11.4. The molecule has 3 unspecified atom stereocenters. The minimum atomic E-state index is -1.91. The Morgan fingerprint density at radius 1 is 0.944 bits per heavy atom. The molecule has 2 saturated heterocycles. The first-order valence-corrected chi connectivity index (χ1v) is 25.9. The SMILES string of the molecule is C/C1=C/C=C/C(C)CCC(O)C[C@H](OC(=O)CC(=O)N2CCN(C3Cc4ccccc4C3)CC2)CC/C=C/OC2(C)Oc3c(C)c(O)c4c(c3C2=O)C2=NC3(CCN(CC(C)C)CC3)NC2=C(NC1=O)C4=O. The summed E-state index contributed by atoms with van der Waals surface area (Å²) in [5.41, 5.74) is 2.90. The van der Waals surface area contributed by atoms with Gasteiger partial charge in [-0.3, -0.25) is 33.9 Å². The number of phenols is 1. The first-order chi connectivity index (χ1) is 34.4. The number of amides is 2. The minimum absolute atomic E-state index is 0.00504. The number of carbonyl (C=O) groups excluding carboxylic acids is 5. The predicted molar refractivity (Wildman–Crippen MR) is 270 cm³/mol. The van der Waals surface area contributed by atoms with E-state index in [1.54, 1.807) is 37.0 Å². The van der Waals surface area contributed by atoms with Crippen LogP contribution in [0.1, 0.15) is 129 Å². The van der Waals surface area contributed by atoms with E-state index in [4.69, 9.17) is 19.2 Å². The molecule has 384 valence electrons. The molecule has 4 atom stereocenters. The van der Waals surface area contributed by atoms with Crippen molar-refractivity contribution in [3.05, 3.63) is 105 Å². The van der Waals surface area contributed by atoms with E-state index in [-0.39, 0.29) is 69.8 Å². The second kappa shape index (κ2) is 20.8. The number of rotatable bonds is 6. The molecule has 5 bridgehead atoms. The van der Waals surface area contributed by atoms with Crippen molar-refractivity contribution in [3.8, 4) is 11.5 Å². The molecule has 16 nitrogen and oxygen atoms in total. The van der Waals surface area contributed by atoms with Crippen molar-refractivity contribution in [1.29, 1.82) is 0 Å². The monoisotopic (exact) mass is 987 g/mol. The van der Waals surface area contributed by atoms with Crippen molar-refractivity contribution in [1.82, 2.24) is 25.3 Å². The van der Waals surface area contributed by atoms with Crippen LogP contribution >= 0.6 is 0 Å². The summed E-state index contributed by atoms with van der Waals surface area (Å²) in [5, 5.41) is 29.5. The highest BCUT2D eigenvalue weighted by molar-refractivity contribution is 6.34. The van der Waals surface area contributed by atoms with Gasteiger partial charge in [-0.2, -0.15) is 0 Å². The number of piperazine rings is 1. The molecule has 6 aliphatic heterocycles. The van der Waals surface area contributed by atoms with Crippen molar-refractivity contribution >= 4 is 35.1 Å². The van der Waals surface area contributed by atoms with Gasteiger partial charge in [0, 0.05) is 94.7 Å². The van der Waals surface area contributed by atoms with Crippen molar-refractivity contribution in [2.24, 2.45) is 16.8 Å². The number of ketones is 2. The quantitative estimate of drug-likeness (QED) is 0.195. The number of benzene rings is 2. The van der Waals surface area contributed by atoms with Gasteiger partial charge >= 0.3 is 11.8 Å². The van der Waals surface area contributed by atoms with Crippen LogP contribution in [0.5, 0.6) is 11.5 Å². The van der Waals surface area contributed by atoms with Gasteiger partial charge in [-0.05, 0) is 81.4 Å². The first kappa shape index (κ1) is 50.8. The molecule has 1 spiro atoms. The number of aliphatic imine (C=N–C) groups is 1. The highest BCUT2D eigenvalue weighted by Crippen LogP contribution is 2.50. The number of esters is 1. The summed E-state index contributed by atoms with van der Waals surface area (Å²) in [6.45, 7) is 15.9. The number of piperidine rings is 1. The maximum atomic E-state index is 14.7. The number of hydrogen-bond acceptors (Lipinski definition) is 14. The van der Waals surface area contributed by atoms with Gasteiger partial charge in [0.15, 0.2) is 0 Å². The van der Waals surface area contributed by atoms with E-state index < -0.39 is 59.3 Å². The van der Waals surface area contributed by atoms with Crippen molar-refractivity contribution < 1.29 is 48.4 Å². The van der Waals surface area contributed by atoms with Gasteiger partial charge < -0.3 is 44.9 Å². The van der Waals surface area contributed by atoms with Gasteiger partial charge in [0.2, 0.25) is 11.7 Å². The Labute approximate surface area is 422 Å². The molecule has 10 rings (SSSR count). The summed E-state index contributed by atoms with van der Waals surface area (Å²) >= 11 is 0. The topological polar surface area (TPSA) is 200 Å². The van der Waals surface area contributed by atoms with Crippen LogP contribution in [0.4, 0.5) is 0 Å². The lowest BCUT2D eigenvalue weighted by atomic mass is 9.82. The van der Waals surface area contributed by atoms with E-state index in [0.717, 1.165) is 45.6 Å². The lowest BCUT2D eigenvalue weighted by Crippen LogP contribution is -2.52. The van der Waals surface area contributed by atoms with Gasteiger partial charge in [-0.1, -0.05) is 63.3 Å². The molecule has 4 N–H and O–H groups in total. The second-order valence-corrected chi connectivity index (χ2v) is 21.4. The zero-order valence-corrected chi connectivity index (χ0v) is 42.6. The fraction of sp³-hybridized carbons (Fsp3) is 0.536. The number of likely N-dealkylation sites (tertiary alicyclic amines) is 1. The zero-order valence-electron chi connectivity index (χ0n) is 42.6. The Bertz CT molecular complexity index is 2640. The number of hydrogen-bond donors (Lipinski definition) is 4. The Balaban J connectivity index is 0.935. The number of nitrogens with one attached hydrogen (secondary N) is 2. The number of allylic oxidation sites excluding steroid dienone is 6. The van der Waals surface area contributed by atoms with Crippen LogP contribution in [0.25, 0.3) is 0 Å². The third-order valence-corrected chi connectivity index (χ3v) is 15.5. The first-order valence-electron chi connectivity index (χ1n) is 25.9. The highest BCUT2D eigenvalue weighted by Gasteiger charge is 2.54. The van der Waals surface area contributed by atoms with Crippen molar-refractivity contribution in [2.75, 3.05) is 45.8 Å². The second-order valence-electron chi connectivity index (χ2n) is 21.4. The summed E-state index contributed by atoms with van der Waals surface area (Å²) in [6, 6.07) is 8.94. The van der Waals surface area contributed by atoms with Crippen LogP contribution in [0.3, 0.4) is 0 Å². The maximum Gasteiger partial charge on any atom is 0.315 e. The van der Waals surface area contributed by atoms with E-state index in [1.165, 1.54) is 24.3 Å². The molecular formula is C56H70N6O10. The standard InChI is InChI=1S/C56H70N6O10/c1-33(2)32-60-21-19-56(20-22-60)58-47-44-45-50(66)36(5)52-46(44)53(68)55(6,72-52)70-27-10-9-16-41(30-40(63)18-17-34(3)12-11-13-35(4)54(69)57-49(51(45)67)48(47)59-56)71-43(65)31-42(64)62-25-23-61(24-26-62)39-28-37-14-7-8-15-38(37)29-39/h7-8,10-15,27,33-34,39-41,59,63,66H,9,16-26,28-32H2,1-6H3,(H,57,69)/b12-11+,27-10+,35-13-/t34?,40?,41-,55?/m1/s1. The fourth-order valence-electron chi connectivity index (χ4n) is 11.4. The molecule has 0 saturated carbocycles. The van der Waals surface area contributed by atoms with Gasteiger partial charge in [0.05, 0.1) is 34.9 Å². The molecule has 2 amide bonds. The third-order valence-electron chi connectivity index (χ3n) is 15.5. The molecule has 72 heavy (non-hydrogen) atoms. The van der Waals surface area contributed by atoms with Crippen LogP contribution < -0.4 is 15.4 Å². The van der Waals surface area contributed by atoms with Gasteiger partial charge in [-0.25, -0.2) is 0 Å². The normalized spacial score (nSPS) is 27.8. The number of ether oxygens (including phenoxy) is 3. The lowest BCUT2D eigenvalue weighted by molar-refractivity contribution is -0.155. The van der Waals surface area contributed by atoms with Crippen LogP contribution in [0.15, 0.2) is 76.8 Å². The number of phenolic OH excluding ortho intramolecular Hbond substituents is 1. The molecule has 0 radical (unpaired) electrons. The van der Waals surface area contributed by atoms with Crippen molar-refractivity contribution in [3.63, 3.8) is 0 Å². The number of aliphatic hydroxyl groups excluding tert-OH is 1. The van der Waals surface area contributed by atoms with Crippen LogP contribution in [-0.4, -0.2) is 135 Å². The molecule has 2 aromatic rings. The highest BCUT2D eigenvalue weighted by atomic mass is 16.7. The summed E-state index contributed by atoms with van der Waals surface area (Å²) in [4.78, 5) is 82.1. The summed E-state index contributed by atoms with van der Waals surface area (Å²) in [6.07, 6.45) is 11.3. The number of nitrogens with zero attached hydrogens (tertiary/aromatic N) is 4. The number of aromatic hydroxyl groups is 1. The lowest BCUT2D eigenvalue weighted by Gasteiger charge is -2.38. The van der Waals surface area contributed by atoms with E-state index in [9.17, 15) is 34.2 Å². The zero-order chi connectivity index (χ0) is 51.1. The number of carbonyl (C=O) groups is 5. The van der Waals surface area contributed by atoms with Crippen LogP contribution in [0, 0.1) is 18.8 Å². The maximum absolute atomic E-state index is 14.7. The number of fused-ring (bicyclic) bond motifs is 14. The molecule has 2 fully saturated rings. The molecule has 0 aromatic heterocycles. The molecule has 2 aliphatic carbocycles. The van der Waals surface area contributed by atoms with Crippen LogP contribution in [-0.2, 0) is 36.7 Å². The molecule has 6 heterocycles. The molecule has 8 aliphatic rings. The van der Waals surface area contributed by atoms with E-state index in [1.807, 2.05) is 13.0 Å².